The molecule has 2 saturated heterocycles. The van der Waals surface area contributed by atoms with Gasteiger partial charge in [0.05, 0.1) is 17.6 Å². The molecule has 3 aromatic rings. The highest BCUT2D eigenvalue weighted by Crippen LogP contribution is 2.29. The summed E-state index contributed by atoms with van der Waals surface area (Å²) in [6.45, 7) is 12.3. The third kappa shape index (κ3) is 6.01. The van der Waals surface area contributed by atoms with E-state index in [0.717, 1.165) is 63.5 Å². The molecule has 2 fully saturated rings. The number of likely N-dealkylation sites (tertiary alicyclic amines) is 1. The molecule has 2 aliphatic heterocycles. The van der Waals surface area contributed by atoms with Gasteiger partial charge in [0.25, 0.3) is 0 Å². The van der Waals surface area contributed by atoms with E-state index < -0.39 is 0 Å². The number of amides is 1. The van der Waals surface area contributed by atoms with Gasteiger partial charge in [-0.05, 0) is 82.7 Å². The van der Waals surface area contributed by atoms with Crippen molar-refractivity contribution >= 4 is 22.9 Å². The van der Waals surface area contributed by atoms with Gasteiger partial charge in [0, 0.05) is 38.1 Å². The molecule has 1 atom stereocenters. The number of anilines is 1. The Hall–Kier alpha value is -2.86. The van der Waals surface area contributed by atoms with Crippen LogP contribution in [0.1, 0.15) is 62.1 Å². The molecule has 0 spiro atoms. The first kappa shape index (κ1) is 25.8. The Balaban J connectivity index is 1.19. The van der Waals surface area contributed by atoms with Crippen LogP contribution in [0, 0.1) is 19.8 Å². The van der Waals surface area contributed by atoms with Gasteiger partial charge in [-0.3, -0.25) is 4.79 Å². The number of para-hydroxylation sites is 2. The van der Waals surface area contributed by atoms with Crippen molar-refractivity contribution in [1.82, 2.24) is 19.8 Å². The second kappa shape index (κ2) is 11.7. The fraction of sp³-hybridized carbons (Fsp3) is 0.548. The monoisotopic (exact) mass is 501 g/mol. The highest BCUT2D eigenvalue weighted by molar-refractivity contribution is 5.80. The largest absolute Gasteiger partial charge is 0.356 e. The summed E-state index contributed by atoms with van der Waals surface area (Å²) >= 11 is 0. The van der Waals surface area contributed by atoms with Crippen molar-refractivity contribution in [2.45, 2.75) is 71.9 Å². The van der Waals surface area contributed by atoms with Crippen LogP contribution in [0.4, 0.5) is 5.95 Å². The zero-order valence-corrected chi connectivity index (χ0v) is 22.9. The summed E-state index contributed by atoms with van der Waals surface area (Å²) in [5.41, 5.74) is 6.12. The number of hydrogen-bond acceptors (Lipinski definition) is 4. The molecule has 0 saturated carbocycles. The lowest BCUT2D eigenvalue weighted by molar-refractivity contribution is -0.125. The Morgan fingerprint density at radius 1 is 1.03 bits per heavy atom. The van der Waals surface area contributed by atoms with Crippen molar-refractivity contribution in [2.75, 3.05) is 37.6 Å². The standard InChI is InChI=1S/C31H43N5O/c1-23-12-13-24(2)27(21-23)22-36-29-11-5-4-10-28(29)33-31(36)35-19-14-26(15-20-35)30(37)32-16-8-18-34-17-7-6-9-25(34)3/h4-5,10-13,21,25-26H,6-9,14-20,22H2,1-3H3,(H,32,37)/t25-/m0/s1. The van der Waals surface area contributed by atoms with Gasteiger partial charge in [-0.25, -0.2) is 4.98 Å². The lowest BCUT2D eigenvalue weighted by atomic mass is 9.96. The predicted molar refractivity (Wildman–Crippen MR) is 152 cm³/mol. The van der Waals surface area contributed by atoms with Crippen LogP contribution in [-0.2, 0) is 11.3 Å². The average molecular weight is 502 g/mol. The van der Waals surface area contributed by atoms with Crippen molar-refractivity contribution in [3.63, 3.8) is 0 Å². The smallest absolute Gasteiger partial charge is 0.223 e. The lowest BCUT2D eigenvalue weighted by Crippen LogP contribution is -2.42. The minimum Gasteiger partial charge on any atom is -0.356 e. The van der Waals surface area contributed by atoms with E-state index in [-0.39, 0.29) is 11.8 Å². The number of imidazole rings is 1. The molecule has 37 heavy (non-hydrogen) atoms. The maximum absolute atomic E-state index is 12.9. The molecule has 3 heterocycles. The van der Waals surface area contributed by atoms with E-state index in [1.807, 2.05) is 0 Å². The van der Waals surface area contributed by atoms with E-state index in [9.17, 15) is 4.79 Å². The van der Waals surface area contributed by atoms with Gasteiger partial charge in [-0.2, -0.15) is 0 Å². The van der Waals surface area contributed by atoms with Gasteiger partial charge in [0.15, 0.2) is 0 Å². The molecule has 2 aliphatic rings. The third-order valence-corrected chi connectivity index (χ3v) is 8.48. The van der Waals surface area contributed by atoms with Gasteiger partial charge in [-0.15, -0.1) is 0 Å². The molecule has 0 radical (unpaired) electrons. The number of hydrogen-bond donors (Lipinski definition) is 1. The predicted octanol–water partition coefficient (Wildman–Crippen LogP) is 5.30. The number of nitrogens with zero attached hydrogens (tertiary/aromatic N) is 4. The number of piperidine rings is 2. The molecule has 1 amide bonds. The zero-order chi connectivity index (χ0) is 25.8. The van der Waals surface area contributed by atoms with Crippen molar-refractivity contribution < 1.29 is 4.79 Å². The number of fused-ring (bicyclic) bond motifs is 1. The molecule has 5 rings (SSSR count). The fourth-order valence-electron chi connectivity index (χ4n) is 6.07. The average Bonchev–Trinajstić information content (AvgIpc) is 3.28. The Labute approximate surface area is 222 Å². The van der Waals surface area contributed by atoms with Crippen LogP contribution in [0.3, 0.4) is 0 Å². The maximum atomic E-state index is 12.9. The Kier molecular flexibility index (Phi) is 8.14. The molecule has 2 aromatic carbocycles. The summed E-state index contributed by atoms with van der Waals surface area (Å²) in [5.74, 6) is 1.36. The van der Waals surface area contributed by atoms with E-state index >= 15 is 0 Å². The fourth-order valence-corrected chi connectivity index (χ4v) is 6.07. The lowest BCUT2D eigenvalue weighted by Gasteiger charge is -2.33. The summed E-state index contributed by atoms with van der Waals surface area (Å²) in [6, 6.07) is 15.8. The first-order chi connectivity index (χ1) is 18.0. The van der Waals surface area contributed by atoms with Crippen molar-refractivity contribution in [1.29, 1.82) is 0 Å². The second-order valence-electron chi connectivity index (χ2n) is 11.2. The summed E-state index contributed by atoms with van der Waals surface area (Å²) in [6.07, 6.45) is 6.77. The third-order valence-electron chi connectivity index (χ3n) is 8.48. The molecular weight excluding hydrogens is 458 g/mol. The van der Waals surface area contributed by atoms with Crippen LogP contribution in [-0.4, -0.2) is 59.1 Å². The summed E-state index contributed by atoms with van der Waals surface area (Å²) < 4.78 is 2.36. The van der Waals surface area contributed by atoms with Crippen LogP contribution >= 0.6 is 0 Å². The Morgan fingerprint density at radius 3 is 2.65 bits per heavy atom. The first-order valence-electron chi connectivity index (χ1n) is 14.3. The number of rotatable bonds is 8. The Morgan fingerprint density at radius 2 is 1.84 bits per heavy atom. The minimum absolute atomic E-state index is 0.0991. The molecule has 198 valence electrons. The van der Waals surface area contributed by atoms with Gasteiger partial charge in [-0.1, -0.05) is 42.3 Å². The topological polar surface area (TPSA) is 53.4 Å². The molecule has 0 aliphatic carbocycles. The summed E-state index contributed by atoms with van der Waals surface area (Å²) in [4.78, 5) is 22.9. The van der Waals surface area contributed by atoms with E-state index in [0.29, 0.717) is 6.04 Å². The van der Waals surface area contributed by atoms with Crippen molar-refractivity contribution in [3.05, 3.63) is 59.2 Å². The molecule has 6 nitrogen and oxygen atoms in total. The van der Waals surface area contributed by atoms with Crippen LogP contribution in [0.2, 0.25) is 0 Å². The van der Waals surface area contributed by atoms with Crippen molar-refractivity contribution in [3.8, 4) is 0 Å². The van der Waals surface area contributed by atoms with Crippen LogP contribution in [0.5, 0.6) is 0 Å². The number of benzene rings is 2. The van der Waals surface area contributed by atoms with Gasteiger partial charge in [0.2, 0.25) is 11.9 Å². The van der Waals surface area contributed by atoms with Gasteiger partial charge >= 0.3 is 0 Å². The quantitative estimate of drug-likeness (QED) is 0.426. The van der Waals surface area contributed by atoms with E-state index in [1.165, 1.54) is 48.0 Å². The SMILES string of the molecule is Cc1ccc(C)c(Cn2c(N3CCC(C(=O)NCCCN4CCCC[C@@H]4C)CC3)nc3ccccc32)c1. The summed E-state index contributed by atoms with van der Waals surface area (Å²) in [5, 5.41) is 3.23. The normalized spacial score (nSPS) is 19.4. The highest BCUT2D eigenvalue weighted by Gasteiger charge is 2.28. The number of carbonyl (C=O) groups excluding carboxylic acids is 1. The first-order valence-corrected chi connectivity index (χ1v) is 14.3. The molecular formula is C31H43N5O. The maximum Gasteiger partial charge on any atom is 0.223 e. The van der Waals surface area contributed by atoms with Crippen LogP contribution < -0.4 is 10.2 Å². The number of carbonyl (C=O) groups is 1. The molecule has 1 N–H and O–H groups in total. The van der Waals surface area contributed by atoms with E-state index in [2.05, 4.69) is 82.9 Å². The molecule has 1 aromatic heterocycles. The Bertz CT molecular complexity index is 1210. The van der Waals surface area contributed by atoms with Crippen LogP contribution in [0.15, 0.2) is 42.5 Å². The van der Waals surface area contributed by atoms with E-state index in [4.69, 9.17) is 4.98 Å². The number of aryl methyl sites for hydroxylation is 2. The van der Waals surface area contributed by atoms with E-state index in [1.54, 1.807) is 0 Å². The highest BCUT2D eigenvalue weighted by atomic mass is 16.1. The molecule has 0 bridgehead atoms. The number of nitrogens with one attached hydrogen (secondary N) is 1. The minimum atomic E-state index is 0.0991. The summed E-state index contributed by atoms with van der Waals surface area (Å²) in [7, 11) is 0. The molecule has 6 heteroatoms. The molecule has 0 unspecified atom stereocenters. The second-order valence-corrected chi connectivity index (χ2v) is 11.2. The van der Waals surface area contributed by atoms with Crippen LogP contribution in [0.25, 0.3) is 11.0 Å². The van der Waals surface area contributed by atoms with Gasteiger partial charge < -0.3 is 19.7 Å². The van der Waals surface area contributed by atoms with Crippen molar-refractivity contribution in [2.24, 2.45) is 5.92 Å². The zero-order valence-electron chi connectivity index (χ0n) is 22.9. The van der Waals surface area contributed by atoms with Gasteiger partial charge in [0.1, 0.15) is 0 Å². The number of aromatic nitrogens is 2.